The molecule has 1 saturated carbocycles. The van der Waals surface area contributed by atoms with Crippen LogP contribution in [0.15, 0.2) is 54.9 Å². The lowest BCUT2D eigenvalue weighted by Crippen LogP contribution is -2.07. The van der Waals surface area contributed by atoms with E-state index in [1.54, 1.807) is 6.20 Å². The van der Waals surface area contributed by atoms with E-state index in [1.807, 2.05) is 41.2 Å². The number of fused-ring (bicyclic) bond motifs is 1. The second-order valence-electron chi connectivity index (χ2n) is 6.82. The number of benzene rings is 1. The van der Waals surface area contributed by atoms with Gasteiger partial charge >= 0.3 is 0 Å². The molecule has 27 heavy (non-hydrogen) atoms. The second-order valence-corrected chi connectivity index (χ2v) is 6.82. The molecule has 0 radical (unpaired) electrons. The van der Waals surface area contributed by atoms with Crippen LogP contribution in [-0.4, -0.2) is 29.9 Å². The third kappa shape index (κ3) is 3.36. The Balaban J connectivity index is 1.50. The average Bonchev–Trinajstić information content (AvgIpc) is 3.50. The Morgan fingerprint density at radius 2 is 1.85 bits per heavy atom. The maximum absolute atomic E-state index is 4.78. The van der Waals surface area contributed by atoms with Crippen LogP contribution in [0.2, 0.25) is 0 Å². The van der Waals surface area contributed by atoms with Crippen LogP contribution in [0.3, 0.4) is 0 Å². The molecule has 0 saturated heterocycles. The highest BCUT2D eigenvalue weighted by Crippen LogP contribution is 2.39. The Labute approximate surface area is 156 Å². The minimum atomic E-state index is 0.452. The smallest absolute Gasteiger partial charge is 0.184 e. The average molecular weight is 357 g/mol. The van der Waals surface area contributed by atoms with Gasteiger partial charge in [0.2, 0.25) is 0 Å². The van der Waals surface area contributed by atoms with E-state index < -0.39 is 0 Å². The lowest BCUT2D eigenvalue weighted by molar-refractivity contribution is 0.662. The lowest BCUT2D eigenvalue weighted by atomic mass is 10.2. The number of rotatable bonds is 6. The van der Waals surface area contributed by atoms with Crippen LogP contribution < -0.4 is 5.32 Å². The van der Waals surface area contributed by atoms with Gasteiger partial charge in [-0.1, -0.05) is 41.6 Å². The molecule has 1 fully saturated rings. The first kappa shape index (κ1) is 15.9. The van der Waals surface area contributed by atoms with Crippen molar-refractivity contribution in [3.05, 3.63) is 71.8 Å². The fourth-order valence-electron chi connectivity index (χ4n) is 3.07. The molecule has 0 bridgehead atoms. The standard InChI is InChI=1S/C20H19N7/c1-2-5-14(6-3-1)13-27-20-17(25-26-27)19(23-18(24-20)16-8-9-16)22-12-15-7-4-10-21-11-15/h1-7,10-11,16H,8-9,12-13H2,(H,22,23,24). The number of hydrogen-bond donors (Lipinski definition) is 1. The van der Waals surface area contributed by atoms with Crippen molar-refractivity contribution in [2.24, 2.45) is 0 Å². The van der Waals surface area contributed by atoms with E-state index >= 15 is 0 Å². The molecule has 3 aromatic heterocycles. The Morgan fingerprint density at radius 3 is 2.63 bits per heavy atom. The predicted molar refractivity (Wildman–Crippen MR) is 102 cm³/mol. The monoisotopic (exact) mass is 357 g/mol. The minimum Gasteiger partial charge on any atom is -0.364 e. The quantitative estimate of drug-likeness (QED) is 0.571. The van der Waals surface area contributed by atoms with Crippen LogP contribution in [0.4, 0.5) is 5.82 Å². The molecule has 134 valence electrons. The highest BCUT2D eigenvalue weighted by atomic mass is 15.4. The normalized spacial score (nSPS) is 13.8. The zero-order valence-corrected chi connectivity index (χ0v) is 14.8. The summed E-state index contributed by atoms with van der Waals surface area (Å²) in [6.45, 7) is 1.27. The maximum Gasteiger partial charge on any atom is 0.184 e. The molecule has 0 unspecified atom stereocenters. The lowest BCUT2D eigenvalue weighted by Gasteiger charge is -2.08. The van der Waals surface area contributed by atoms with Gasteiger partial charge < -0.3 is 5.32 Å². The summed E-state index contributed by atoms with van der Waals surface area (Å²) < 4.78 is 1.85. The molecule has 1 aromatic carbocycles. The fraction of sp³-hybridized carbons (Fsp3) is 0.250. The molecule has 1 aliphatic carbocycles. The number of nitrogens with one attached hydrogen (secondary N) is 1. The van der Waals surface area contributed by atoms with Crippen molar-refractivity contribution in [1.29, 1.82) is 0 Å². The topological polar surface area (TPSA) is 81.4 Å². The summed E-state index contributed by atoms with van der Waals surface area (Å²) in [5.74, 6) is 2.08. The number of aromatic nitrogens is 6. The van der Waals surface area contributed by atoms with Crippen molar-refractivity contribution in [3.8, 4) is 0 Å². The van der Waals surface area contributed by atoms with Crippen LogP contribution >= 0.6 is 0 Å². The largest absolute Gasteiger partial charge is 0.364 e. The van der Waals surface area contributed by atoms with Crippen molar-refractivity contribution in [2.45, 2.75) is 31.8 Å². The van der Waals surface area contributed by atoms with Crippen molar-refractivity contribution >= 4 is 17.0 Å². The van der Waals surface area contributed by atoms with Crippen LogP contribution in [0.1, 0.15) is 35.7 Å². The molecule has 3 heterocycles. The predicted octanol–water partition coefficient (Wildman–Crippen LogP) is 3.15. The Morgan fingerprint density at radius 1 is 1.00 bits per heavy atom. The number of nitrogens with zero attached hydrogens (tertiary/aromatic N) is 6. The highest BCUT2D eigenvalue weighted by molar-refractivity contribution is 5.82. The van der Waals surface area contributed by atoms with E-state index in [4.69, 9.17) is 9.97 Å². The van der Waals surface area contributed by atoms with Crippen molar-refractivity contribution < 1.29 is 0 Å². The zero-order valence-electron chi connectivity index (χ0n) is 14.8. The Hall–Kier alpha value is -3.35. The first-order valence-corrected chi connectivity index (χ1v) is 9.14. The fourth-order valence-corrected chi connectivity index (χ4v) is 3.07. The van der Waals surface area contributed by atoms with Gasteiger partial charge in [0.25, 0.3) is 0 Å². The Bertz CT molecular complexity index is 1060. The zero-order chi connectivity index (χ0) is 18.1. The van der Waals surface area contributed by atoms with E-state index in [2.05, 4.69) is 32.7 Å². The molecule has 7 heteroatoms. The van der Waals surface area contributed by atoms with Gasteiger partial charge in [0, 0.05) is 24.9 Å². The van der Waals surface area contributed by atoms with Crippen molar-refractivity contribution in [2.75, 3.05) is 5.32 Å². The van der Waals surface area contributed by atoms with Crippen molar-refractivity contribution in [3.63, 3.8) is 0 Å². The van der Waals surface area contributed by atoms with Gasteiger partial charge in [-0.15, -0.1) is 5.10 Å². The highest BCUT2D eigenvalue weighted by Gasteiger charge is 2.28. The van der Waals surface area contributed by atoms with Gasteiger partial charge in [-0.3, -0.25) is 4.98 Å². The van der Waals surface area contributed by atoms with Gasteiger partial charge in [0.05, 0.1) is 6.54 Å². The number of anilines is 1. The third-order valence-corrected chi connectivity index (χ3v) is 4.68. The molecule has 5 rings (SSSR count). The molecular formula is C20H19N7. The molecule has 0 amide bonds. The summed E-state index contributed by atoms with van der Waals surface area (Å²) in [5, 5.41) is 12.1. The van der Waals surface area contributed by atoms with Gasteiger partial charge in [-0.05, 0) is 30.0 Å². The van der Waals surface area contributed by atoms with Gasteiger partial charge in [-0.25, -0.2) is 14.6 Å². The van der Waals surface area contributed by atoms with Gasteiger partial charge in [0.1, 0.15) is 5.82 Å². The van der Waals surface area contributed by atoms with Crippen LogP contribution in [-0.2, 0) is 13.1 Å². The maximum atomic E-state index is 4.78. The number of hydrogen-bond acceptors (Lipinski definition) is 6. The van der Waals surface area contributed by atoms with Gasteiger partial charge in [-0.2, -0.15) is 0 Å². The number of pyridine rings is 1. The molecule has 1 aliphatic rings. The van der Waals surface area contributed by atoms with Crippen LogP contribution in [0.5, 0.6) is 0 Å². The summed E-state index contributed by atoms with van der Waals surface area (Å²) in [4.78, 5) is 13.7. The minimum absolute atomic E-state index is 0.452. The van der Waals surface area contributed by atoms with E-state index in [1.165, 1.54) is 5.56 Å². The van der Waals surface area contributed by atoms with Crippen LogP contribution in [0.25, 0.3) is 11.2 Å². The van der Waals surface area contributed by atoms with Crippen LogP contribution in [0, 0.1) is 0 Å². The van der Waals surface area contributed by atoms with E-state index in [0.29, 0.717) is 24.5 Å². The Kier molecular flexibility index (Phi) is 3.97. The van der Waals surface area contributed by atoms with Gasteiger partial charge in [0.15, 0.2) is 17.0 Å². The second kappa shape index (κ2) is 6.75. The molecule has 0 aliphatic heterocycles. The molecular weight excluding hydrogens is 338 g/mol. The molecule has 0 spiro atoms. The first-order valence-electron chi connectivity index (χ1n) is 9.14. The summed E-state index contributed by atoms with van der Waals surface area (Å²) in [6, 6.07) is 14.2. The SMILES string of the molecule is c1ccc(Cn2nnc3c(NCc4cccnc4)nc(C4CC4)nc32)cc1. The summed E-state index contributed by atoms with van der Waals surface area (Å²) in [5.41, 5.74) is 3.75. The summed E-state index contributed by atoms with van der Waals surface area (Å²) >= 11 is 0. The molecule has 0 atom stereocenters. The van der Waals surface area contributed by atoms with E-state index in [9.17, 15) is 0 Å². The van der Waals surface area contributed by atoms with Crippen molar-refractivity contribution in [1.82, 2.24) is 29.9 Å². The third-order valence-electron chi connectivity index (χ3n) is 4.68. The summed E-state index contributed by atoms with van der Waals surface area (Å²) in [7, 11) is 0. The molecule has 4 aromatic rings. The summed E-state index contributed by atoms with van der Waals surface area (Å²) in [6.07, 6.45) is 5.91. The first-order chi connectivity index (χ1) is 13.4. The van der Waals surface area contributed by atoms with E-state index in [-0.39, 0.29) is 0 Å². The molecule has 1 N–H and O–H groups in total. The van der Waals surface area contributed by atoms with E-state index in [0.717, 1.165) is 35.7 Å². The molecule has 7 nitrogen and oxygen atoms in total.